The Morgan fingerprint density at radius 1 is 1.09 bits per heavy atom. The van der Waals surface area contributed by atoms with Gasteiger partial charge in [0.25, 0.3) is 0 Å². The number of carbonyl (C=O) groups is 1. The molecular weight excluding hydrogens is 290 g/mol. The van der Waals surface area contributed by atoms with Crippen molar-refractivity contribution in [3.05, 3.63) is 59.7 Å². The van der Waals surface area contributed by atoms with Gasteiger partial charge in [-0.05, 0) is 57.0 Å². The number of nitrogens with zero attached hydrogens (tertiary/aromatic N) is 1. The highest BCUT2D eigenvalue weighted by Gasteiger charge is 2.19. The maximum atomic E-state index is 12.1. The average molecular weight is 313 g/mol. The SMILES string of the molecule is CCN(c1ccccc1)C(C)OC(=O)Oc1cccc(C)c1C. The molecule has 122 valence electrons. The summed E-state index contributed by atoms with van der Waals surface area (Å²) in [6.07, 6.45) is -1.11. The van der Waals surface area contributed by atoms with E-state index < -0.39 is 12.4 Å². The molecule has 0 fully saturated rings. The van der Waals surface area contributed by atoms with Crippen LogP contribution in [0.15, 0.2) is 48.5 Å². The van der Waals surface area contributed by atoms with Crippen LogP contribution >= 0.6 is 0 Å². The molecule has 0 radical (unpaired) electrons. The van der Waals surface area contributed by atoms with E-state index in [0.717, 1.165) is 23.4 Å². The van der Waals surface area contributed by atoms with Crippen molar-refractivity contribution in [1.82, 2.24) is 0 Å². The smallest absolute Gasteiger partial charge is 0.410 e. The number of ether oxygens (including phenoxy) is 2. The Balaban J connectivity index is 2.02. The van der Waals surface area contributed by atoms with Crippen molar-refractivity contribution >= 4 is 11.8 Å². The summed E-state index contributed by atoms with van der Waals surface area (Å²) in [5.74, 6) is 0.532. The van der Waals surface area contributed by atoms with Gasteiger partial charge in [0.05, 0.1) is 0 Å². The van der Waals surface area contributed by atoms with Crippen LogP contribution in [0.5, 0.6) is 5.75 Å². The van der Waals surface area contributed by atoms with Gasteiger partial charge in [0.15, 0.2) is 6.23 Å². The van der Waals surface area contributed by atoms with Gasteiger partial charge in [0.2, 0.25) is 0 Å². The monoisotopic (exact) mass is 313 g/mol. The van der Waals surface area contributed by atoms with Crippen molar-refractivity contribution in [3.8, 4) is 5.75 Å². The lowest BCUT2D eigenvalue weighted by Crippen LogP contribution is -2.37. The number of carbonyl (C=O) groups excluding carboxylic acids is 1. The number of rotatable bonds is 5. The predicted octanol–water partition coefficient (Wildman–Crippen LogP) is 4.69. The van der Waals surface area contributed by atoms with E-state index in [9.17, 15) is 4.79 Å². The first-order valence-electron chi connectivity index (χ1n) is 7.79. The molecule has 0 amide bonds. The summed E-state index contributed by atoms with van der Waals surface area (Å²) in [6.45, 7) is 8.47. The van der Waals surface area contributed by atoms with Crippen LogP contribution in [0.2, 0.25) is 0 Å². The van der Waals surface area contributed by atoms with Crippen LogP contribution in [0.4, 0.5) is 10.5 Å². The first-order valence-corrected chi connectivity index (χ1v) is 7.79. The van der Waals surface area contributed by atoms with Crippen molar-refractivity contribution in [1.29, 1.82) is 0 Å². The molecule has 23 heavy (non-hydrogen) atoms. The third-order valence-corrected chi connectivity index (χ3v) is 3.88. The summed E-state index contributed by atoms with van der Waals surface area (Å²) < 4.78 is 10.8. The van der Waals surface area contributed by atoms with Crippen LogP contribution < -0.4 is 9.64 Å². The van der Waals surface area contributed by atoms with Crippen molar-refractivity contribution in [2.24, 2.45) is 0 Å². The molecule has 0 spiro atoms. The third kappa shape index (κ3) is 4.25. The lowest BCUT2D eigenvalue weighted by atomic mass is 10.1. The second-order valence-electron chi connectivity index (χ2n) is 5.39. The van der Waals surface area contributed by atoms with E-state index in [0.29, 0.717) is 5.75 Å². The Morgan fingerprint density at radius 3 is 2.43 bits per heavy atom. The van der Waals surface area contributed by atoms with E-state index in [-0.39, 0.29) is 0 Å². The Bertz CT molecular complexity index is 655. The molecule has 0 bridgehead atoms. The Kier molecular flexibility index (Phi) is 5.63. The second kappa shape index (κ2) is 7.68. The van der Waals surface area contributed by atoms with E-state index in [1.807, 2.05) is 75.1 Å². The third-order valence-electron chi connectivity index (χ3n) is 3.88. The summed E-state index contributed by atoms with van der Waals surface area (Å²) in [7, 11) is 0. The van der Waals surface area contributed by atoms with Crippen LogP contribution in [0.3, 0.4) is 0 Å². The van der Waals surface area contributed by atoms with Gasteiger partial charge in [-0.25, -0.2) is 4.79 Å². The number of benzene rings is 2. The molecule has 0 aliphatic heterocycles. The largest absolute Gasteiger partial charge is 0.515 e. The van der Waals surface area contributed by atoms with Gasteiger partial charge in [-0.3, -0.25) is 0 Å². The van der Waals surface area contributed by atoms with Crippen molar-refractivity contribution in [2.75, 3.05) is 11.4 Å². The van der Waals surface area contributed by atoms with Crippen molar-refractivity contribution in [3.63, 3.8) is 0 Å². The van der Waals surface area contributed by atoms with E-state index in [1.54, 1.807) is 6.07 Å². The highest BCUT2D eigenvalue weighted by atomic mass is 16.7. The lowest BCUT2D eigenvalue weighted by molar-refractivity contribution is 0.0643. The molecule has 2 aromatic rings. The number of anilines is 1. The molecule has 1 unspecified atom stereocenters. The standard InChI is InChI=1S/C19H23NO3/c1-5-20(17-11-7-6-8-12-17)16(4)22-19(21)23-18-13-9-10-14(2)15(18)3/h6-13,16H,5H2,1-4H3. The molecule has 2 rings (SSSR count). The van der Waals surface area contributed by atoms with Crippen LogP contribution in [0.25, 0.3) is 0 Å². The van der Waals surface area contributed by atoms with E-state index >= 15 is 0 Å². The normalized spacial score (nSPS) is 11.7. The fourth-order valence-electron chi connectivity index (χ4n) is 2.42. The van der Waals surface area contributed by atoms with Crippen molar-refractivity contribution < 1.29 is 14.3 Å². The molecular formula is C19H23NO3. The van der Waals surface area contributed by atoms with Crippen LogP contribution in [0.1, 0.15) is 25.0 Å². The van der Waals surface area contributed by atoms with Gasteiger partial charge in [-0.1, -0.05) is 30.3 Å². The Labute approximate surface area is 137 Å². The van der Waals surface area contributed by atoms with Gasteiger partial charge in [0, 0.05) is 12.2 Å². The molecule has 0 aliphatic rings. The summed E-state index contributed by atoms with van der Waals surface area (Å²) >= 11 is 0. The summed E-state index contributed by atoms with van der Waals surface area (Å²) in [5.41, 5.74) is 3.01. The van der Waals surface area contributed by atoms with Crippen molar-refractivity contribution in [2.45, 2.75) is 33.9 Å². The maximum Gasteiger partial charge on any atom is 0.515 e. The highest BCUT2D eigenvalue weighted by molar-refractivity contribution is 5.65. The number of aryl methyl sites for hydroxylation is 1. The summed E-state index contributed by atoms with van der Waals surface area (Å²) in [6, 6.07) is 15.4. The zero-order valence-corrected chi connectivity index (χ0v) is 14.1. The molecule has 0 saturated heterocycles. The van der Waals surface area contributed by atoms with Crippen LogP contribution in [0, 0.1) is 13.8 Å². The summed E-state index contributed by atoms with van der Waals surface area (Å²) in [4.78, 5) is 14.1. The fraction of sp³-hybridized carbons (Fsp3) is 0.316. The van der Waals surface area contributed by atoms with Gasteiger partial charge in [0.1, 0.15) is 5.75 Å². The number of hydrogen-bond acceptors (Lipinski definition) is 4. The van der Waals surface area contributed by atoms with Gasteiger partial charge < -0.3 is 14.4 Å². The lowest BCUT2D eigenvalue weighted by Gasteiger charge is -2.29. The van der Waals surface area contributed by atoms with Gasteiger partial charge in [-0.15, -0.1) is 0 Å². The molecule has 4 nitrogen and oxygen atoms in total. The Hall–Kier alpha value is -2.49. The second-order valence-corrected chi connectivity index (χ2v) is 5.39. The molecule has 2 aromatic carbocycles. The first kappa shape index (κ1) is 16.9. The maximum absolute atomic E-state index is 12.1. The van der Waals surface area contributed by atoms with Crippen LogP contribution in [-0.4, -0.2) is 18.9 Å². The molecule has 0 aromatic heterocycles. The van der Waals surface area contributed by atoms with Gasteiger partial charge >= 0.3 is 6.16 Å². The molecule has 0 aliphatic carbocycles. The fourth-order valence-corrected chi connectivity index (χ4v) is 2.42. The molecule has 1 atom stereocenters. The first-order chi connectivity index (χ1) is 11.0. The molecule has 0 heterocycles. The minimum Gasteiger partial charge on any atom is -0.410 e. The summed E-state index contributed by atoms with van der Waals surface area (Å²) in [5, 5.41) is 0. The zero-order chi connectivity index (χ0) is 16.8. The van der Waals surface area contributed by atoms with E-state index in [2.05, 4.69) is 0 Å². The van der Waals surface area contributed by atoms with E-state index in [1.165, 1.54) is 0 Å². The molecule has 0 N–H and O–H groups in total. The van der Waals surface area contributed by atoms with Crippen LogP contribution in [-0.2, 0) is 4.74 Å². The van der Waals surface area contributed by atoms with E-state index in [4.69, 9.17) is 9.47 Å². The zero-order valence-electron chi connectivity index (χ0n) is 14.1. The minimum absolute atomic E-state index is 0.417. The molecule has 4 heteroatoms. The topological polar surface area (TPSA) is 38.8 Å². The predicted molar refractivity (Wildman–Crippen MR) is 91.9 cm³/mol. The van der Waals surface area contributed by atoms with Gasteiger partial charge in [-0.2, -0.15) is 0 Å². The number of hydrogen-bond donors (Lipinski definition) is 0. The number of para-hydroxylation sites is 1. The quantitative estimate of drug-likeness (QED) is 0.456. The Morgan fingerprint density at radius 2 is 1.78 bits per heavy atom. The minimum atomic E-state index is -0.694. The molecule has 0 saturated carbocycles. The average Bonchev–Trinajstić information content (AvgIpc) is 2.53. The highest BCUT2D eigenvalue weighted by Crippen LogP contribution is 2.22.